The largest absolute Gasteiger partial charge is 0.282 e. The maximum absolute atomic E-state index is 12.9. The van der Waals surface area contributed by atoms with Crippen LogP contribution in [-0.4, -0.2) is 15.2 Å². The van der Waals surface area contributed by atoms with Gasteiger partial charge in [0.15, 0.2) is 0 Å². The predicted molar refractivity (Wildman–Crippen MR) is 76.0 cm³/mol. The summed E-state index contributed by atoms with van der Waals surface area (Å²) in [7, 11) is 0. The Bertz CT molecular complexity index is 722. The van der Waals surface area contributed by atoms with Gasteiger partial charge in [-0.15, -0.1) is 0 Å². The fraction of sp³-hybridized carbons (Fsp3) is 0.0667. The average Bonchev–Trinajstić information content (AvgIpc) is 2.90. The van der Waals surface area contributed by atoms with Crippen molar-refractivity contribution in [1.29, 1.82) is 0 Å². The molecule has 3 nitrogen and oxygen atoms in total. The topological polar surface area (TPSA) is 41.6 Å². The van der Waals surface area contributed by atoms with Crippen molar-refractivity contribution in [3.8, 4) is 11.3 Å². The minimum absolute atomic E-state index is 0.234. The lowest BCUT2D eigenvalue weighted by atomic mass is 10.1. The predicted octanol–water partition coefficient (Wildman–Crippen LogP) is 3.86. The van der Waals surface area contributed by atoms with Gasteiger partial charge in [0.1, 0.15) is 5.82 Å². The van der Waals surface area contributed by atoms with Gasteiger partial charge >= 0.3 is 0 Å². The lowest BCUT2D eigenvalue weighted by molar-refractivity contribution is 0.627. The summed E-state index contributed by atoms with van der Waals surface area (Å²) in [6, 6.07) is 10.2. The third-order valence-electron chi connectivity index (χ3n) is 2.99. The van der Waals surface area contributed by atoms with E-state index in [-0.39, 0.29) is 5.82 Å². The number of benzene rings is 1. The molecule has 0 fully saturated rings. The number of nitrogens with zero attached hydrogens (tertiary/aromatic N) is 2. The van der Waals surface area contributed by atoms with Crippen LogP contribution >= 0.6 is 11.6 Å². The van der Waals surface area contributed by atoms with Crippen molar-refractivity contribution >= 4 is 11.6 Å². The van der Waals surface area contributed by atoms with Crippen LogP contribution in [0.3, 0.4) is 0 Å². The Hall–Kier alpha value is -2.20. The van der Waals surface area contributed by atoms with Crippen molar-refractivity contribution in [3.63, 3.8) is 0 Å². The summed E-state index contributed by atoms with van der Waals surface area (Å²) in [5.74, 6) is -0.234. The van der Waals surface area contributed by atoms with Crippen LogP contribution in [0.2, 0.25) is 5.02 Å². The molecule has 100 valence electrons. The maximum atomic E-state index is 12.9. The molecule has 0 radical (unpaired) electrons. The Labute approximate surface area is 120 Å². The van der Waals surface area contributed by atoms with Crippen molar-refractivity contribution in [2.45, 2.75) is 6.42 Å². The van der Waals surface area contributed by atoms with E-state index >= 15 is 0 Å². The number of hydrogen-bond donors (Lipinski definition) is 1. The summed E-state index contributed by atoms with van der Waals surface area (Å²) in [6.07, 6.45) is 3.93. The van der Waals surface area contributed by atoms with Crippen molar-refractivity contribution in [1.82, 2.24) is 15.2 Å². The standard InChI is InChI=1S/C15H11ClFN3/c16-14-9-18-6-5-13(14)15-8-12(19-20-15)7-10-1-3-11(17)4-2-10/h1-6,8-9H,7H2,(H,19,20). The zero-order valence-electron chi connectivity index (χ0n) is 10.5. The zero-order chi connectivity index (χ0) is 13.9. The normalized spacial score (nSPS) is 10.7. The number of aromatic nitrogens is 3. The van der Waals surface area contributed by atoms with Crippen LogP contribution in [0.1, 0.15) is 11.3 Å². The second kappa shape index (κ2) is 5.43. The zero-order valence-corrected chi connectivity index (χ0v) is 11.2. The Balaban J connectivity index is 1.84. The van der Waals surface area contributed by atoms with E-state index in [2.05, 4.69) is 15.2 Å². The molecular formula is C15H11ClFN3. The molecule has 5 heteroatoms. The van der Waals surface area contributed by atoms with Crippen molar-refractivity contribution in [2.75, 3.05) is 0 Å². The van der Waals surface area contributed by atoms with Crippen LogP contribution in [-0.2, 0) is 6.42 Å². The first kappa shape index (κ1) is 12.8. The van der Waals surface area contributed by atoms with Gasteiger partial charge in [-0.25, -0.2) is 4.39 Å². The molecule has 0 saturated carbocycles. The summed E-state index contributed by atoms with van der Waals surface area (Å²) in [4.78, 5) is 3.95. The molecule has 0 unspecified atom stereocenters. The molecule has 0 spiro atoms. The van der Waals surface area contributed by atoms with E-state index in [9.17, 15) is 4.39 Å². The Morgan fingerprint density at radius 1 is 1.15 bits per heavy atom. The number of pyridine rings is 1. The maximum Gasteiger partial charge on any atom is 0.123 e. The first-order valence-electron chi connectivity index (χ1n) is 6.11. The molecule has 0 aliphatic rings. The Kier molecular flexibility index (Phi) is 3.48. The van der Waals surface area contributed by atoms with Crippen molar-refractivity contribution < 1.29 is 4.39 Å². The van der Waals surface area contributed by atoms with Gasteiger partial charge in [0.25, 0.3) is 0 Å². The van der Waals surface area contributed by atoms with E-state index < -0.39 is 0 Å². The minimum Gasteiger partial charge on any atom is -0.282 e. The lowest BCUT2D eigenvalue weighted by Gasteiger charge is -1.98. The van der Waals surface area contributed by atoms with Crippen LogP contribution < -0.4 is 0 Å². The molecule has 0 aliphatic heterocycles. The quantitative estimate of drug-likeness (QED) is 0.795. The number of nitrogens with one attached hydrogen (secondary N) is 1. The number of aromatic amines is 1. The molecule has 0 amide bonds. The number of hydrogen-bond acceptors (Lipinski definition) is 2. The number of H-pyrrole nitrogens is 1. The first-order valence-corrected chi connectivity index (χ1v) is 6.49. The fourth-order valence-electron chi connectivity index (χ4n) is 2.00. The van der Waals surface area contributed by atoms with Crippen LogP contribution in [0.25, 0.3) is 11.3 Å². The van der Waals surface area contributed by atoms with Crippen molar-refractivity contribution in [3.05, 3.63) is 70.9 Å². The van der Waals surface area contributed by atoms with Crippen LogP contribution in [0, 0.1) is 5.82 Å². The highest BCUT2D eigenvalue weighted by Gasteiger charge is 2.08. The molecule has 3 aromatic rings. The average molecular weight is 288 g/mol. The summed E-state index contributed by atoms with van der Waals surface area (Å²) >= 11 is 6.09. The van der Waals surface area contributed by atoms with Gasteiger partial charge < -0.3 is 0 Å². The molecular weight excluding hydrogens is 277 g/mol. The number of rotatable bonds is 3. The molecule has 2 heterocycles. The molecule has 0 atom stereocenters. The van der Waals surface area contributed by atoms with Gasteiger partial charge in [-0.3, -0.25) is 10.1 Å². The molecule has 2 aromatic heterocycles. The SMILES string of the molecule is Fc1ccc(Cc2cc(-c3ccncc3Cl)n[nH]2)cc1. The van der Waals surface area contributed by atoms with Gasteiger partial charge in [0.05, 0.1) is 10.7 Å². The van der Waals surface area contributed by atoms with E-state index in [4.69, 9.17) is 11.6 Å². The molecule has 1 aromatic carbocycles. The lowest BCUT2D eigenvalue weighted by Crippen LogP contribution is -1.88. The van der Waals surface area contributed by atoms with E-state index in [1.165, 1.54) is 12.1 Å². The molecule has 1 N–H and O–H groups in total. The van der Waals surface area contributed by atoms with Crippen LogP contribution in [0.15, 0.2) is 48.8 Å². The summed E-state index contributed by atoms with van der Waals surface area (Å²) in [5, 5.41) is 7.78. The molecule has 0 aliphatic carbocycles. The van der Waals surface area contributed by atoms with E-state index in [1.807, 2.05) is 12.1 Å². The van der Waals surface area contributed by atoms with Gasteiger partial charge in [0.2, 0.25) is 0 Å². The number of halogens is 2. The van der Waals surface area contributed by atoms with Crippen LogP contribution in [0.4, 0.5) is 4.39 Å². The third-order valence-corrected chi connectivity index (χ3v) is 3.29. The highest BCUT2D eigenvalue weighted by Crippen LogP contribution is 2.25. The van der Waals surface area contributed by atoms with Gasteiger partial charge in [-0.05, 0) is 29.8 Å². The monoisotopic (exact) mass is 287 g/mol. The molecule has 0 saturated heterocycles. The molecule has 20 heavy (non-hydrogen) atoms. The smallest absolute Gasteiger partial charge is 0.123 e. The minimum atomic E-state index is -0.234. The van der Waals surface area contributed by atoms with E-state index in [0.717, 1.165) is 22.5 Å². The second-order valence-electron chi connectivity index (χ2n) is 4.44. The van der Waals surface area contributed by atoms with Gasteiger partial charge in [-0.1, -0.05) is 23.7 Å². The van der Waals surface area contributed by atoms with Crippen LogP contribution in [0.5, 0.6) is 0 Å². The van der Waals surface area contributed by atoms with E-state index in [1.54, 1.807) is 24.5 Å². The Morgan fingerprint density at radius 2 is 1.95 bits per heavy atom. The summed E-state index contributed by atoms with van der Waals surface area (Å²) in [6.45, 7) is 0. The van der Waals surface area contributed by atoms with Crippen molar-refractivity contribution in [2.24, 2.45) is 0 Å². The first-order chi connectivity index (χ1) is 9.72. The van der Waals surface area contributed by atoms with Gasteiger partial charge in [0, 0.05) is 30.1 Å². The highest BCUT2D eigenvalue weighted by molar-refractivity contribution is 6.33. The Morgan fingerprint density at radius 3 is 2.70 bits per heavy atom. The summed E-state index contributed by atoms with van der Waals surface area (Å²) < 4.78 is 12.9. The molecule has 0 bridgehead atoms. The van der Waals surface area contributed by atoms with Gasteiger partial charge in [-0.2, -0.15) is 5.10 Å². The molecule has 3 rings (SSSR count). The van der Waals surface area contributed by atoms with E-state index in [0.29, 0.717) is 11.4 Å². The third kappa shape index (κ3) is 2.70. The fourth-order valence-corrected chi connectivity index (χ4v) is 2.21. The highest BCUT2D eigenvalue weighted by atomic mass is 35.5. The second-order valence-corrected chi connectivity index (χ2v) is 4.84. The summed E-state index contributed by atoms with van der Waals surface area (Å²) in [5.41, 5.74) is 3.57.